The second-order valence-electron chi connectivity index (χ2n) is 3.96. The number of benzene rings is 1. The lowest BCUT2D eigenvalue weighted by Crippen LogP contribution is -2.15. The zero-order valence-corrected chi connectivity index (χ0v) is 9.94. The molecule has 0 aliphatic carbocycles. The molecule has 94 valence electrons. The maximum absolute atomic E-state index is 13.4. The molecule has 1 aromatic rings. The average Bonchev–Trinajstić information content (AvgIpc) is 2.25. The van der Waals surface area contributed by atoms with Crippen LogP contribution in [0.2, 0.25) is 0 Å². The summed E-state index contributed by atoms with van der Waals surface area (Å²) in [6, 6.07) is 3.63. The fourth-order valence-corrected chi connectivity index (χ4v) is 1.31. The normalized spacial score (nSPS) is 10.6. The zero-order valence-electron chi connectivity index (χ0n) is 9.94. The number of ether oxygens (including phenoxy) is 1. The van der Waals surface area contributed by atoms with Crippen LogP contribution in [-0.4, -0.2) is 43.2 Å². The van der Waals surface area contributed by atoms with Crippen LogP contribution >= 0.6 is 0 Å². The first-order valence-corrected chi connectivity index (χ1v) is 5.31. The monoisotopic (exact) mass is 241 g/mol. The van der Waals surface area contributed by atoms with Gasteiger partial charge in [0.2, 0.25) is 0 Å². The molecule has 0 saturated heterocycles. The second kappa shape index (κ2) is 6.20. The molecule has 0 aliphatic rings. The summed E-state index contributed by atoms with van der Waals surface area (Å²) in [6.45, 7) is 1.26. The molecule has 5 heteroatoms. The average molecular weight is 241 g/mol. The van der Waals surface area contributed by atoms with E-state index in [0.29, 0.717) is 6.61 Å². The molecular formula is C12H16FNO3. The molecule has 0 aliphatic heterocycles. The van der Waals surface area contributed by atoms with Crippen LogP contribution in [0.1, 0.15) is 16.8 Å². The maximum atomic E-state index is 13.4. The van der Waals surface area contributed by atoms with Gasteiger partial charge in [-0.25, -0.2) is 9.18 Å². The van der Waals surface area contributed by atoms with Crippen LogP contribution in [0.5, 0.6) is 5.75 Å². The smallest absolute Gasteiger partial charge is 0.335 e. The van der Waals surface area contributed by atoms with Crippen molar-refractivity contribution in [2.24, 2.45) is 0 Å². The highest BCUT2D eigenvalue weighted by molar-refractivity contribution is 5.87. The summed E-state index contributed by atoms with van der Waals surface area (Å²) in [4.78, 5) is 12.6. The molecule has 0 atom stereocenters. The topological polar surface area (TPSA) is 49.8 Å². The van der Waals surface area contributed by atoms with Crippen LogP contribution in [0.25, 0.3) is 0 Å². The number of halogens is 1. The van der Waals surface area contributed by atoms with Crippen LogP contribution in [0.3, 0.4) is 0 Å². The second-order valence-corrected chi connectivity index (χ2v) is 3.96. The lowest BCUT2D eigenvalue weighted by Gasteiger charge is -2.10. The summed E-state index contributed by atoms with van der Waals surface area (Å²) in [6.07, 6.45) is 0.785. The Morgan fingerprint density at radius 1 is 1.47 bits per heavy atom. The van der Waals surface area contributed by atoms with Crippen LogP contribution in [0.15, 0.2) is 18.2 Å². The van der Waals surface area contributed by atoms with E-state index in [4.69, 9.17) is 9.84 Å². The maximum Gasteiger partial charge on any atom is 0.335 e. The minimum absolute atomic E-state index is 0.0804. The van der Waals surface area contributed by atoms with E-state index in [1.54, 1.807) is 0 Å². The first-order chi connectivity index (χ1) is 8.00. The van der Waals surface area contributed by atoms with E-state index in [9.17, 15) is 9.18 Å². The van der Waals surface area contributed by atoms with E-state index in [-0.39, 0.29) is 11.3 Å². The van der Waals surface area contributed by atoms with Gasteiger partial charge in [-0.15, -0.1) is 0 Å². The largest absolute Gasteiger partial charge is 0.490 e. The zero-order chi connectivity index (χ0) is 12.8. The number of carboxylic acid groups (broad SMARTS) is 1. The summed E-state index contributed by atoms with van der Waals surface area (Å²) in [5, 5.41) is 8.66. The third-order valence-electron chi connectivity index (χ3n) is 2.19. The molecule has 0 radical (unpaired) electrons. The molecule has 0 unspecified atom stereocenters. The first-order valence-electron chi connectivity index (χ1n) is 5.31. The van der Waals surface area contributed by atoms with E-state index >= 15 is 0 Å². The molecule has 4 nitrogen and oxygen atoms in total. The van der Waals surface area contributed by atoms with Gasteiger partial charge < -0.3 is 14.7 Å². The summed E-state index contributed by atoms with van der Waals surface area (Å²) in [5.74, 6) is -1.70. The third-order valence-corrected chi connectivity index (χ3v) is 2.19. The summed E-state index contributed by atoms with van der Waals surface area (Å²) < 4.78 is 18.6. The number of rotatable bonds is 6. The van der Waals surface area contributed by atoms with Crippen molar-refractivity contribution in [2.45, 2.75) is 6.42 Å². The van der Waals surface area contributed by atoms with Gasteiger partial charge in [-0.3, -0.25) is 0 Å². The van der Waals surface area contributed by atoms with E-state index in [0.717, 1.165) is 19.0 Å². The Morgan fingerprint density at radius 3 is 2.71 bits per heavy atom. The highest BCUT2D eigenvalue weighted by Crippen LogP contribution is 2.18. The van der Waals surface area contributed by atoms with E-state index in [1.807, 2.05) is 19.0 Å². The number of hydrogen-bond donors (Lipinski definition) is 1. The minimum Gasteiger partial charge on any atom is -0.490 e. The first kappa shape index (κ1) is 13.4. The highest BCUT2D eigenvalue weighted by Gasteiger charge is 2.08. The van der Waals surface area contributed by atoms with Gasteiger partial charge in [0, 0.05) is 6.54 Å². The fraction of sp³-hybridized carbons (Fsp3) is 0.417. The standard InChI is InChI=1S/C12H16FNO3/c1-14(2)6-3-7-17-11-5-4-9(12(15)16)8-10(11)13/h4-5,8H,3,6-7H2,1-2H3,(H,15,16). The quantitative estimate of drug-likeness (QED) is 0.772. The van der Waals surface area contributed by atoms with Crippen molar-refractivity contribution < 1.29 is 19.0 Å². The number of carbonyl (C=O) groups is 1. The molecular weight excluding hydrogens is 225 g/mol. The summed E-state index contributed by atoms with van der Waals surface area (Å²) >= 11 is 0. The predicted octanol–water partition coefficient (Wildman–Crippen LogP) is 1.85. The Balaban J connectivity index is 2.52. The Kier molecular flexibility index (Phi) is 4.90. The van der Waals surface area contributed by atoms with Gasteiger partial charge in [-0.05, 0) is 38.7 Å². The Bertz CT molecular complexity index is 393. The van der Waals surface area contributed by atoms with Gasteiger partial charge >= 0.3 is 5.97 Å². The van der Waals surface area contributed by atoms with E-state index in [1.165, 1.54) is 12.1 Å². The molecule has 0 bridgehead atoms. The van der Waals surface area contributed by atoms with Crippen molar-refractivity contribution in [3.63, 3.8) is 0 Å². The van der Waals surface area contributed by atoms with Gasteiger partial charge in [0.05, 0.1) is 12.2 Å². The van der Waals surface area contributed by atoms with Crippen molar-refractivity contribution in [3.8, 4) is 5.75 Å². The molecule has 1 aromatic carbocycles. The van der Waals surface area contributed by atoms with Crippen molar-refractivity contribution >= 4 is 5.97 Å². The summed E-state index contributed by atoms with van der Waals surface area (Å²) in [5.41, 5.74) is -0.0804. The van der Waals surface area contributed by atoms with Gasteiger partial charge in [0.1, 0.15) is 0 Å². The molecule has 0 saturated carbocycles. The fourth-order valence-electron chi connectivity index (χ4n) is 1.31. The summed E-state index contributed by atoms with van der Waals surface area (Å²) in [7, 11) is 3.89. The molecule has 1 N–H and O–H groups in total. The lowest BCUT2D eigenvalue weighted by molar-refractivity contribution is 0.0696. The Hall–Kier alpha value is -1.62. The molecule has 0 heterocycles. The molecule has 0 amide bonds. The van der Waals surface area contributed by atoms with Gasteiger partial charge in [-0.2, -0.15) is 0 Å². The van der Waals surface area contributed by atoms with Crippen molar-refractivity contribution in [3.05, 3.63) is 29.6 Å². The van der Waals surface area contributed by atoms with Crippen molar-refractivity contribution in [1.29, 1.82) is 0 Å². The molecule has 0 aromatic heterocycles. The third kappa shape index (κ3) is 4.40. The number of hydrogen-bond acceptors (Lipinski definition) is 3. The number of aromatic carboxylic acids is 1. The predicted molar refractivity (Wildman–Crippen MR) is 62.0 cm³/mol. The van der Waals surface area contributed by atoms with Crippen LogP contribution in [0.4, 0.5) is 4.39 Å². The van der Waals surface area contributed by atoms with Gasteiger partial charge in [-0.1, -0.05) is 0 Å². The molecule has 0 fully saturated rings. The Morgan fingerprint density at radius 2 is 2.18 bits per heavy atom. The van der Waals surface area contributed by atoms with Crippen molar-refractivity contribution in [2.75, 3.05) is 27.2 Å². The highest BCUT2D eigenvalue weighted by atomic mass is 19.1. The van der Waals surface area contributed by atoms with Crippen LogP contribution in [0, 0.1) is 5.82 Å². The van der Waals surface area contributed by atoms with Crippen molar-refractivity contribution in [1.82, 2.24) is 4.90 Å². The Labute approximate surface area is 99.6 Å². The van der Waals surface area contributed by atoms with Crippen LogP contribution in [-0.2, 0) is 0 Å². The minimum atomic E-state index is -1.15. The molecule has 1 rings (SSSR count). The molecule has 0 spiro atoms. The van der Waals surface area contributed by atoms with Gasteiger partial charge in [0.25, 0.3) is 0 Å². The SMILES string of the molecule is CN(C)CCCOc1ccc(C(=O)O)cc1F. The van der Waals surface area contributed by atoms with Gasteiger partial charge in [0.15, 0.2) is 11.6 Å². The van der Waals surface area contributed by atoms with Crippen LogP contribution < -0.4 is 4.74 Å². The molecule has 17 heavy (non-hydrogen) atoms. The number of nitrogens with zero attached hydrogens (tertiary/aromatic N) is 1. The van der Waals surface area contributed by atoms with E-state index in [2.05, 4.69) is 0 Å². The van der Waals surface area contributed by atoms with E-state index < -0.39 is 11.8 Å². The lowest BCUT2D eigenvalue weighted by atomic mass is 10.2. The number of carboxylic acids is 1.